The number of aromatic hydroxyl groups is 1. The molecular weight excluding hydrogens is 472 g/mol. The maximum Gasteiger partial charge on any atom is 0.259 e. The van der Waals surface area contributed by atoms with Crippen LogP contribution in [-0.2, 0) is 0 Å². The molecule has 0 radical (unpaired) electrons. The van der Waals surface area contributed by atoms with Crippen molar-refractivity contribution in [3.8, 4) is 23.5 Å². The van der Waals surface area contributed by atoms with Crippen LogP contribution < -0.4 is 10.1 Å². The van der Waals surface area contributed by atoms with Gasteiger partial charge in [-0.15, -0.1) is 10.2 Å². The summed E-state index contributed by atoms with van der Waals surface area (Å²) < 4.78 is 6.47. The van der Waals surface area contributed by atoms with Crippen molar-refractivity contribution in [3.05, 3.63) is 90.4 Å². The van der Waals surface area contributed by atoms with Gasteiger partial charge in [0.15, 0.2) is 11.6 Å². The summed E-state index contributed by atoms with van der Waals surface area (Å²) in [4.78, 5) is 21.4. The van der Waals surface area contributed by atoms with Crippen molar-refractivity contribution < 1.29 is 14.6 Å². The zero-order chi connectivity index (χ0) is 25.8. The molecule has 0 fully saturated rings. The molecule has 2 heterocycles. The first kappa shape index (κ1) is 23.1. The van der Waals surface area contributed by atoms with E-state index in [9.17, 15) is 15.2 Å². The lowest BCUT2D eigenvalue weighted by atomic mass is 10.0. The minimum atomic E-state index is -0.548. The van der Waals surface area contributed by atoms with Crippen LogP contribution in [0.4, 0.5) is 17.2 Å². The maximum atomic E-state index is 13.1. The van der Waals surface area contributed by atoms with Crippen LogP contribution in [-0.4, -0.2) is 37.9 Å². The molecule has 2 N–H and O–H groups in total. The molecule has 0 aliphatic heterocycles. The Labute approximate surface area is 210 Å². The van der Waals surface area contributed by atoms with E-state index < -0.39 is 5.91 Å². The molecule has 0 aliphatic rings. The molecule has 0 spiro atoms. The summed E-state index contributed by atoms with van der Waals surface area (Å²) >= 11 is 0. The minimum Gasteiger partial charge on any atom is -0.505 e. The quantitative estimate of drug-likeness (QED) is 0.315. The molecule has 0 saturated carbocycles. The number of benzene rings is 3. The van der Waals surface area contributed by atoms with Gasteiger partial charge in [-0.05, 0) is 29.7 Å². The highest BCUT2D eigenvalue weighted by molar-refractivity contribution is 6.11. The number of nitrogens with zero attached hydrogens (tertiary/aromatic N) is 7. The number of hydrogen-bond acceptors (Lipinski definition) is 9. The summed E-state index contributed by atoms with van der Waals surface area (Å²) in [6, 6.07) is 19.2. The van der Waals surface area contributed by atoms with E-state index in [0.29, 0.717) is 22.2 Å². The van der Waals surface area contributed by atoms with Crippen LogP contribution in [0, 0.1) is 11.3 Å². The van der Waals surface area contributed by atoms with E-state index in [1.54, 1.807) is 60.7 Å². The molecule has 1 amide bonds. The number of carbonyl (C=O) groups is 1. The van der Waals surface area contributed by atoms with Crippen LogP contribution in [0.5, 0.6) is 11.5 Å². The average Bonchev–Trinajstić information content (AvgIpc) is 3.35. The van der Waals surface area contributed by atoms with Gasteiger partial charge in [-0.2, -0.15) is 15.0 Å². The molecule has 2 aromatic heterocycles. The Morgan fingerprint density at radius 1 is 1.08 bits per heavy atom. The van der Waals surface area contributed by atoms with E-state index in [2.05, 4.69) is 30.6 Å². The number of carbonyl (C=O) groups excluding carboxylic acids is 1. The fourth-order valence-corrected chi connectivity index (χ4v) is 3.65. The second-order valence-corrected chi connectivity index (χ2v) is 7.68. The molecule has 5 rings (SSSR count). The predicted octanol–water partition coefficient (Wildman–Crippen LogP) is 5.07. The largest absolute Gasteiger partial charge is 0.505 e. The first-order valence-electron chi connectivity index (χ1n) is 11.0. The highest BCUT2D eigenvalue weighted by Crippen LogP contribution is 2.40. The van der Waals surface area contributed by atoms with Crippen molar-refractivity contribution in [2.75, 3.05) is 12.4 Å². The van der Waals surface area contributed by atoms with Crippen molar-refractivity contribution >= 4 is 33.9 Å². The van der Waals surface area contributed by atoms with Crippen LogP contribution in [0.3, 0.4) is 0 Å². The van der Waals surface area contributed by atoms with E-state index in [1.807, 2.05) is 6.07 Å². The van der Waals surface area contributed by atoms with Gasteiger partial charge < -0.3 is 15.2 Å². The van der Waals surface area contributed by atoms with Gasteiger partial charge in [-0.3, -0.25) is 4.79 Å². The first-order chi connectivity index (χ1) is 18.1. The fourth-order valence-electron chi connectivity index (χ4n) is 3.65. The minimum absolute atomic E-state index is 0.00382. The maximum absolute atomic E-state index is 13.1. The number of fused-ring (bicyclic) bond motifs is 1. The van der Waals surface area contributed by atoms with Crippen LogP contribution >= 0.6 is 0 Å². The Kier molecular flexibility index (Phi) is 6.21. The number of phenolic OH excluding ortho intramolecular Hbond substituents is 1. The van der Waals surface area contributed by atoms with E-state index in [1.165, 1.54) is 30.4 Å². The van der Waals surface area contributed by atoms with Crippen molar-refractivity contribution in [1.29, 1.82) is 5.26 Å². The van der Waals surface area contributed by atoms with Gasteiger partial charge >= 0.3 is 0 Å². The number of nitrogens with one attached hydrogen (secondary N) is 1. The van der Waals surface area contributed by atoms with Crippen molar-refractivity contribution in [2.24, 2.45) is 10.2 Å². The number of rotatable bonds is 6. The highest BCUT2D eigenvalue weighted by atomic mass is 16.5. The van der Waals surface area contributed by atoms with Crippen LogP contribution in [0.25, 0.3) is 16.7 Å². The standard InChI is InChI=1S/C26H18N8O3/c1-37-19-8-4-7-18(13-19)31-25(36)21-12-16-6-2-3-9-20(16)22(23(21)35)32-33-24-17(14-27)15-30-34(24)26-28-10-5-11-29-26/h2-13,15,35H,1H3,(H,31,36). The molecule has 0 unspecified atom stereocenters. The van der Waals surface area contributed by atoms with Crippen molar-refractivity contribution in [3.63, 3.8) is 0 Å². The second-order valence-electron chi connectivity index (χ2n) is 7.68. The van der Waals surface area contributed by atoms with E-state index in [0.717, 1.165) is 0 Å². The number of hydrogen-bond donors (Lipinski definition) is 2. The number of anilines is 1. The Hall–Kier alpha value is -5.63. The predicted molar refractivity (Wildman–Crippen MR) is 135 cm³/mol. The lowest BCUT2D eigenvalue weighted by Gasteiger charge is -2.11. The Morgan fingerprint density at radius 2 is 1.89 bits per heavy atom. The summed E-state index contributed by atoms with van der Waals surface area (Å²) in [6.45, 7) is 0. The molecule has 3 aromatic carbocycles. The summed E-state index contributed by atoms with van der Waals surface area (Å²) in [5, 5.41) is 37.3. The lowest BCUT2D eigenvalue weighted by molar-refractivity contribution is 0.102. The normalized spacial score (nSPS) is 10.9. The molecule has 11 heteroatoms. The molecule has 180 valence electrons. The number of ether oxygens (including phenoxy) is 1. The van der Waals surface area contributed by atoms with E-state index >= 15 is 0 Å². The molecule has 0 aliphatic carbocycles. The number of azo groups is 1. The third kappa shape index (κ3) is 4.54. The third-order valence-corrected chi connectivity index (χ3v) is 5.42. The second kappa shape index (κ2) is 9.93. The Morgan fingerprint density at radius 3 is 2.68 bits per heavy atom. The molecule has 0 bridgehead atoms. The molecule has 37 heavy (non-hydrogen) atoms. The van der Waals surface area contributed by atoms with Gasteiger partial charge in [-0.1, -0.05) is 30.3 Å². The number of amides is 1. The average molecular weight is 490 g/mol. The lowest BCUT2D eigenvalue weighted by Crippen LogP contribution is -2.12. The molecule has 11 nitrogen and oxygen atoms in total. The SMILES string of the molecule is COc1cccc(NC(=O)c2cc3ccccc3c(N=Nc3c(C#N)cnn3-c3ncccn3)c2O)c1. The Bertz CT molecular complexity index is 1690. The fraction of sp³-hybridized carbons (Fsp3) is 0.0385. The molecule has 0 saturated heterocycles. The smallest absolute Gasteiger partial charge is 0.259 e. The zero-order valence-corrected chi connectivity index (χ0v) is 19.4. The van der Waals surface area contributed by atoms with Gasteiger partial charge in [0.25, 0.3) is 11.9 Å². The summed E-state index contributed by atoms with van der Waals surface area (Å²) in [6.07, 6.45) is 4.38. The molecular formula is C26H18N8O3. The number of nitriles is 1. The summed E-state index contributed by atoms with van der Waals surface area (Å²) in [5.41, 5.74) is 0.674. The van der Waals surface area contributed by atoms with Crippen LogP contribution in [0.15, 0.2) is 89.5 Å². The van der Waals surface area contributed by atoms with Crippen molar-refractivity contribution in [1.82, 2.24) is 19.7 Å². The highest BCUT2D eigenvalue weighted by Gasteiger charge is 2.20. The van der Waals surface area contributed by atoms with Crippen LogP contribution in [0.2, 0.25) is 0 Å². The Balaban J connectivity index is 1.59. The number of aromatic nitrogens is 4. The van der Waals surface area contributed by atoms with Gasteiger partial charge in [-0.25, -0.2) is 9.97 Å². The van der Waals surface area contributed by atoms with Crippen LogP contribution in [0.1, 0.15) is 15.9 Å². The van der Waals surface area contributed by atoms with Gasteiger partial charge in [0.1, 0.15) is 23.1 Å². The third-order valence-electron chi connectivity index (χ3n) is 5.42. The number of phenols is 1. The molecule has 0 atom stereocenters. The topological polar surface area (TPSA) is 151 Å². The van der Waals surface area contributed by atoms with Gasteiger partial charge in [0, 0.05) is 29.5 Å². The summed E-state index contributed by atoms with van der Waals surface area (Å²) in [5.74, 6) is -0.0824. The van der Waals surface area contributed by atoms with E-state index in [-0.39, 0.29) is 34.3 Å². The number of methoxy groups -OCH3 is 1. The monoisotopic (exact) mass is 490 g/mol. The molecule has 5 aromatic rings. The van der Waals surface area contributed by atoms with Gasteiger partial charge in [0.05, 0.1) is 18.9 Å². The van der Waals surface area contributed by atoms with Gasteiger partial charge in [0.2, 0.25) is 0 Å². The summed E-state index contributed by atoms with van der Waals surface area (Å²) in [7, 11) is 1.53. The zero-order valence-electron chi connectivity index (χ0n) is 19.4. The van der Waals surface area contributed by atoms with E-state index in [4.69, 9.17) is 4.74 Å². The van der Waals surface area contributed by atoms with Crippen molar-refractivity contribution in [2.45, 2.75) is 0 Å². The first-order valence-corrected chi connectivity index (χ1v) is 11.0.